The Morgan fingerprint density at radius 3 is 2.73 bits per heavy atom. The molecule has 6 heteroatoms. The van der Waals surface area contributed by atoms with E-state index in [1.54, 1.807) is 0 Å². The number of halogens is 1. The highest BCUT2D eigenvalue weighted by Gasteiger charge is 2.05. The molecule has 1 aromatic rings. The first-order valence-corrected chi connectivity index (χ1v) is 4.09. The third kappa shape index (κ3) is 2.94. The summed E-state index contributed by atoms with van der Waals surface area (Å²) in [7, 11) is 0. The summed E-state index contributed by atoms with van der Waals surface area (Å²) in [5, 5.41) is 13.5. The third-order valence-electron chi connectivity index (χ3n) is 1.62. The molecule has 0 spiro atoms. The Labute approximate surface area is 85.4 Å². The predicted octanol–water partition coefficient (Wildman–Crippen LogP) is 0.879. The molecule has 0 aromatic heterocycles. The Morgan fingerprint density at radius 2 is 2.20 bits per heavy atom. The number of anilines is 1. The van der Waals surface area contributed by atoms with Gasteiger partial charge in [-0.15, -0.1) is 0 Å². The number of hydrogen-bond donors (Lipinski definition) is 3. The second-order valence-electron chi connectivity index (χ2n) is 2.90. The number of nitrogens with two attached hydrogens (primary N) is 1. The van der Waals surface area contributed by atoms with Crippen molar-refractivity contribution >= 4 is 17.4 Å². The van der Waals surface area contributed by atoms with Crippen molar-refractivity contribution in [2.24, 2.45) is 10.9 Å². The minimum Gasteiger partial charge on any atom is -0.409 e. The van der Waals surface area contributed by atoms with Crippen LogP contribution >= 0.6 is 0 Å². The average Bonchev–Trinajstić information content (AvgIpc) is 2.14. The van der Waals surface area contributed by atoms with Gasteiger partial charge in [-0.2, -0.15) is 0 Å². The van der Waals surface area contributed by atoms with Crippen LogP contribution in [0, 0.1) is 5.82 Å². The van der Waals surface area contributed by atoms with Gasteiger partial charge in [-0.05, 0) is 18.2 Å². The number of benzene rings is 1. The quantitative estimate of drug-likeness (QED) is 0.293. The van der Waals surface area contributed by atoms with Crippen LogP contribution in [0.1, 0.15) is 12.5 Å². The maximum absolute atomic E-state index is 13.0. The molecule has 4 N–H and O–H groups in total. The Kier molecular flexibility index (Phi) is 3.22. The molecule has 0 unspecified atom stereocenters. The highest BCUT2D eigenvalue weighted by molar-refractivity contribution is 5.99. The monoisotopic (exact) mass is 211 g/mol. The lowest BCUT2D eigenvalue weighted by molar-refractivity contribution is -0.114. The summed E-state index contributed by atoms with van der Waals surface area (Å²) in [5.74, 6) is -1.13. The van der Waals surface area contributed by atoms with Gasteiger partial charge in [-0.3, -0.25) is 4.79 Å². The SMILES string of the molecule is CC(=O)Nc1cc(F)cc(C(N)=NO)c1. The fraction of sp³-hybridized carbons (Fsp3) is 0.111. The first-order valence-electron chi connectivity index (χ1n) is 4.09. The highest BCUT2D eigenvalue weighted by Crippen LogP contribution is 2.13. The smallest absolute Gasteiger partial charge is 0.221 e. The number of rotatable bonds is 2. The molecule has 0 fully saturated rings. The molecule has 1 aromatic carbocycles. The Bertz CT molecular complexity index is 418. The van der Waals surface area contributed by atoms with Crippen molar-refractivity contribution in [3.63, 3.8) is 0 Å². The van der Waals surface area contributed by atoms with E-state index in [-0.39, 0.29) is 23.0 Å². The van der Waals surface area contributed by atoms with Gasteiger partial charge in [0.05, 0.1) is 0 Å². The molecule has 80 valence electrons. The van der Waals surface area contributed by atoms with E-state index in [9.17, 15) is 9.18 Å². The van der Waals surface area contributed by atoms with Crippen LogP contribution in [0.5, 0.6) is 0 Å². The number of amidine groups is 1. The van der Waals surface area contributed by atoms with E-state index in [4.69, 9.17) is 10.9 Å². The summed E-state index contributed by atoms with van der Waals surface area (Å²) in [6, 6.07) is 3.63. The van der Waals surface area contributed by atoms with E-state index in [1.165, 1.54) is 13.0 Å². The number of nitrogens with zero attached hydrogens (tertiary/aromatic N) is 1. The number of oxime groups is 1. The van der Waals surface area contributed by atoms with Gasteiger partial charge in [-0.1, -0.05) is 5.16 Å². The normalized spacial score (nSPS) is 11.2. The van der Waals surface area contributed by atoms with Crippen molar-refractivity contribution in [1.82, 2.24) is 0 Å². The van der Waals surface area contributed by atoms with Crippen LogP contribution in [0.3, 0.4) is 0 Å². The van der Waals surface area contributed by atoms with Crippen LogP contribution in [0.15, 0.2) is 23.4 Å². The largest absolute Gasteiger partial charge is 0.409 e. The molecule has 1 rings (SSSR count). The second kappa shape index (κ2) is 4.41. The first-order chi connectivity index (χ1) is 7.02. The fourth-order valence-corrected chi connectivity index (χ4v) is 1.07. The minimum atomic E-state index is -0.581. The molecule has 0 aliphatic heterocycles. The van der Waals surface area contributed by atoms with Gasteiger partial charge in [0.2, 0.25) is 5.91 Å². The van der Waals surface area contributed by atoms with Crippen LogP contribution in [-0.4, -0.2) is 17.0 Å². The fourth-order valence-electron chi connectivity index (χ4n) is 1.07. The van der Waals surface area contributed by atoms with Crippen molar-refractivity contribution in [2.75, 3.05) is 5.32 Å². The van der Waals surface area contributed by atoms with E-state index in [2.05, 4.69) is 10.5 Å². The number of carbonyl (C=O) groups is 1. The van der Waals surface area contributed by atoms with Crippen LogP contribution in [0.2, 0.25) is 0 Å². The number of carbonyl (C=O) groups excluding carboxylic acids is 1. The molecular formula is C9H10FN3O2. The van der Waals surface area contributed by atoms with E-state index in [1.807, 2.05) is 0 Å². The molecule has 5 nitrogen and oxygen atoms in total. The molecule has 0 aliphatic carbocycles. The van der Waals surface area contributed by atoms with Gasteiger partial charge in [0.25, 0.3) is 0 Å². The molecule has 0 heterocycles. The van der Waals surface area contributed by atoms with Crippen molar-refractivity contribution < 1.29 is 14.4 Å². The number of hydrogen-bond acceptors (Lipinski definition) is 3. The molecular weight excluding hydrogens is 201 g/mol. The summed E-state index contributed by atoms with van der Waals surface area (Å²) in [5.41, 5.74) is 5.73. The molecule has 0 saturated heterocycles. The molecule has 0 atom stereocenters. The lowest BCUT2D eigenvalue weighted by Crippen LogP contribution is -2.14. The third-order valence-corrected chi connectivity index (χ3v) is 1.62. The summed E-state index contributed by atoms with van der Waals surface area (Å²) in [6.07, 6.45) is 0. The van der Waals surface area contributed by atoms with E-state index >= 15 is 0 Å². The zero-order chi connectivity index (χ0) is 11.4. The Balaban J connectivity index is 3.10. The minimum absolute atomic E-state index is 0.196. The van der Waals surface area contributed by atoms with E-state index in [0.717, 1.165) is 12.1 Å². The van der Waals surface area contributed by atoms with Crippen LogP contribution < -0.4 is 11.1 Å². The standard InChI is InChI=1S/C9H10FN3O2/c1-5(14)12-8-3-6(9(11)13-15)2-7(10)4-8/h2-4,15H,1H3,(H2,11,13)(H,12,14). The Morgan fingerprint density at radius 1 is 1.53 bits per heavy atom. The molecule has 0 bridgehead atoms. The summed E-state index contributed by atoms with van der Waals surface area (Å²) in [6.45, 7) is 1.30. The van der Waals surface area contributed by atoms with Crippen molar-refractivity contribution in [2.45, 2.75) is 6.92 Å². The maximum atomic E-state index is 13.0. The average molecular weight is 211 g/mol. The van der Waals surface area contributed by atoms with E-state index in [0.29, 0.717) is 0 Å². The van der Waals surface area contributed by atoms with Gasteiger partial charge < -0.3 is 16.3 Å². The van der Waals surface area contributed by atoms with Gasteiger partial charge >= 0.3 is 0 Å². The predicted molar refractivity (Wildman–Crippen MR) is 53.2 cm³/mol. The number of nitrogens with one attached hydrogen (secondary N) is 1. The summed E-state index contributed by atoms with van der Waals surface area (Å²) < 4.78 is 13.0. The maximum Gasteiger partial charge on any atom is 0.221 e. The van der Waals surface area contributed by atoms with Gasteiger partial charge in [0.15, 0.2) is 5.84 Å². The van der Waals surface area contributed by atoms with Crippen LogP contribution in [0.4, 0.5) is 10.1 Å². The van der Waals surface area contributed by atoms with E-state index < -0.39 is 5.82 Å². The van der Waals surface area contributed by atoms with Gasteiger partial charge in [0, 0.05) is 18.2 Å². The van der Waals surface area contributed by atoms with Gasteiger partial charge in [0.1, 0.15) is 5.82 Å². The van der Waals surface area contributed by atoms with Crippen molar-refractivity contribution in [3.05, 3.63) is 29.6 Å². The zero-order valence-electron chi connectivity index (χ0n) is 7.99. The molecule has 15 heavy (non-hydrogen) atoms. The molecule has 0 radical (unpaired) electrons. The van der Waals surface area contributed by atoms with Crippen molar-refractivity contribution in [3.8, 4) is 0 Å². The number of amides is 1. The lowest BCUT2D eigenvalue weighted by atomic mass is 10.2. The van der Waals surface area contributed by atoms with Crippen molar-refractivity contribution in [1.29, 1.82) is 0 Å². The molecule has 0 aliphatic rings. The topological polar surface area (TPSA) is 87.7 Å². The van der Waals surface area contributed by atoms with Crippen LogP contribution in [0.25, 0.3) is 0 Å². The summed E-state index contributed by atoms with van der Waals surface area (Å²) in [4.78, 5) is 10.7. The Hall–Kier alpha value is -2.11. The second-order valence-corrected chi connectivity index (χ2v) is 2.90. The first kappa shape index (κ1) is 11.0. The zero-order valence-corrected chi connectivity index (χ0v) is 7.99. The highest BCUT2D eigenvalue weighted by atomic mass is 19.1. The van der Waals surface area contributed by atoms with Gasteiger partial charge in [-0.25, -0.2) is 4.39 Å². The lowest BCUT2D eigenvalue weighted by Gasteiger charge is -2.05. The molecule has 1 amide bonds. The molecule has 0 saturated carbocycles. The summed E-state index contributed by atoms with van der Waals surface area (Å²) >= 11 is 0. The van der Waals surface area contributed by atoms with Crippen LogP contribution in [-0.2, 0) is 4.79 Å².